The van der Waals surface area contributed by atoms with Crippen molar-refractivity contribution in [2.24, 2.45) is 5.10 Å². The summed E-state index contributed by atoms with van der Waals surface area (Å²) in [5.74, 6) is -0.545. The van der Waals surface area contributed by atoms with Crippen molar-refractivity contribution >= 4 is 27.0 Å². The molecule has 0 fully saturated rings. The standard InChI is InChI=1S/C17H13FN2O3S/c18-13-6-8-14(9-7-13)24(22,23)20-19-11-16-15-4-2-1-3-12(15)5-10-17(16)21/h1-11,20-21H/b19-11+. The van der Waals surface area contributed by atoms with E-state index in [1.807, 2.05) is 23.0 Å². The minimum absolute atomic E-state index is 0.0153. The predicted octanol–water partition coefficient (Wildman–Crippen LogP) is 3.00. The Morgan fingerprint density at radius 1 is 1.00 bits per heavy atom. The Labute approximate surface area is 138 Å². The lowest BCUT2D eigenvalue weighted by molar-refractivity contribution is 0.475. The Morgan fingerprint density at radius 3 is 2.46 bits per heavy atom. The molecule has 0 unspecified atom stereocenters. The summed E-state index contributed by atoms with van der Waals surface area (Å²) in [6.45, 7) is 0. The zero-order valence-electron chi connectivity index (χ0n) is 12.3. The third kappa shape index (κ3) is 3.21. The van der Waals surface area contributed by atoms with E-state index in [1.165, 1.54) is 12.3 Å². The lowest BCUT2D eigenvalue weighted by Gasteiger charge is -2.06. The van der Waals surface area contributed by atoms with Gasteiger partial charge in [-0.1, -0.05) is 30.3 Å². The smallest absolute Gasteiger partial charge is 0.276 e. The molecule has 3 rings (SSSR count). The number of fused-ring (bicyclic) bond motifs is 1. The van der Waals surface area contributed by atoms with Gasteiger partial charge in [0, 0.05) is 5.56 Å². The van der Waals surface area contributed by atoms with Gasteiger partial charge in [-0.05, 0) is 41.1 Å². The second kappa shape index (κ2) is 6.29. The van der Waals surface area contributed by atoms with E-state index < -0.39 is 15.8 Å². The number of hydrogen-bond donors (Lipinski definition) is 2. The van der Waals surface area contributed by atoms with Gasteiger partial charge >= 0.3 is 0 Å². The van der Waals surface area contributed by atoms with E-state index in [0.29, 0.717) is 5.56 Å². The first-order chi connectivity index (χ1) is 11.5. The number of sulfonamides is 1. The lowest BCUT2D eigenvalue weighted by atomic mass is 10.0. The first kappa shape index (κ1) is 15.9. The maximum Gasteiger partial charge on any atom is 0.276 e. The van der Waals surface area contributed by atoms with Crippen LogP contribution in [0.2, 0.25) is 0 Å². The normalized spacial score (nSPS) is 11.9. The van der Waals surface area contributed by atoms with Crippen molar-refractivity contribution in [3.8, 4) is 5.75 Å². The van der Waals surface area contributed by atoms with E-state index >= 15 is 0 Å². The minimum Gasteiger partial charge on any atom is -0.507 e. The molecule has 3 aromatic rings. The number of aromatic hydroxyl groups is 1. The average Bonchev–Trinajstić information content (AvgIpc) is 2.57. The Hall–Kier alpha value is -2.93. The van der Waals surface area contributed by atoms with Crippen LogP contribution in [0.15, 0.2) is 70.7 Å². The lowest BCUT2D eigenvalue weighted by Crippen LogP contribution is -2.18. The van der Waals surface area contributed by atoms with Gasteiger partial charge in [0.15, 0.2) is 0 Å². The summed E-state index contributed by atoms with van der Waals surface area (Å²) >= 11 is 0. The highest BCUT2D eigenvalue weighted by molar-refractivity contribution is 7.89. The summed E-state index contributed by atoms with van der Waals surface area (Å²) in [5, 5.41) is 15.3. The zero-order chi connectivity index (χ0) is 17.2. The molecule has 2 N–H and O–H groups in total. The molecule has 0 heterocycles. The van der Waals surface area contributed by atoms with E-state index in [2.05, 4.69) is 5.10 Å². The number of nitrogens with one attached hydrogen (secondary N) is 1. The van der Waals surface area contributed by atoms with Crippen molar-refractivity contribution in [1.29, 1.82) is 0 Å². The molecule has 0 radical (unpaired) electrons. The monoisotopic (exact) mass is 344 g/mol. The summed E-state index contributed by atoms with van der Waals surface area (Å²) in [6, 6.07) is 15.0. The fraction of sp³-hybridized carbons (Fsp3) is 0. The van der Waals surface area contributed by atoms with Gasteiger partial charge in [-0.3, -0.25) is 0 Å². The van der Waals surface area contributed by atoms with Gasteiger partial charge < -0.3 is 5.11 Å². The quantitative estimate of drug-likeness (QED) is 0.564. The van der Waals surface area contributed by atoms with Crippen LogP contribution in [0.3, 0.4) is 0 Å². The highest BCUT2D eigenvalue weighted by Gasteiger charge is 2.12. The van der Waals surface area contributed by atoms with Crippen molar-refractivity contribution in [2.75, 3.05) is 0 Å². The van der Waals surface area contributed by atoms with Gasteiger partial charge in [-0.2, -0.15) is 13.5 Å². The molecule has 0 amide bonds. The number of phenols is 1. The molecule has 0 saturated carbocycles. The van der Waals surface area contributed by atoms with Crippen LogP contribution < -0.4 is 4.83 Å². The molecule has 0 aliphatic rings. The fourth-order valence-corrected chi connectivity index (χ4v) is 3.04. The van der Waals surface area contributed by atoms with Crippen LogP contribution in [0, 0.1) is 5.82 Å². The number of benzene rings is 3. The highest BCUT2D eigenvalue weighted by atomic mass is 32.2. The minimum atomic E-state index is -3.91. The molecule has 0 atom stereocenters. The molecule has 0 aliphatic carbocycles. The van der Waals surface area contributed by atoms with Gasteiger partial charge in [0.2, 0.25) is 0 Å². The molecule has 0 bridgehead atoms. The van der Waals surface area contributed by atoms with Gasteiger partial charge in [0.25, 0.3) is 10.0 Å². The molecule has 122 valence electrons. The third-order valence-electron chi connectivity index (χ3n) is 3.44. The maximum absolute atomic E-state index is 12.9. The number of hydrogen-bond acceptors (Lipinski definition) is 4. The topological polar surface area (TPSA) is 78.8 Å². The van der Waals surface area contributed by atoms with Crippen molar-refractivity contribution in [3.05, 3.63) is 72.0 Å². The van der Waals surface area contributed by atoms with Crippen LogP contribution in [0.4, 0.5) is 4.39 Å². The first-order valence-electron chi connectivity index (χ1n) is 6.98. The molecule has 0 aromatic heterocycles. The van der Waals surface area contributed by atoms with Crippen LogP contribution in [-0.2, 0) is 10.0 Å². The number of phenolic OH excluding ortho intramolecular Hbond substituents is 1. The van der Waals surface area contributed by atoms with Gasteiger partial charge in [-0.15, -0.1) is 0 Å². The molecule has 0 aliphatic heterocycles. The number of rotatable bonds is 4. The molecule has 0 saturated heterocycles. The predicted molar refractivity (Wildman–Crippen MR) is 89.9 cm³/mol. The SMILES string of the molecule is O=S(=O)(N/N=C/c1c(O)ccc2ccccc12)c1ccc(F)cc1. The second-order valence-corrected chi connectivity index (χ2v) is 6.69. The van der Waals surface area contributed by atoms with E-state index in [-0.39, 0.29) is 10.6 Å². The Balaban J connectivity index is 1.89. The van der Waals surface area contributed by atoms with Crippen molar-refractivity contribution in [1.82, 2.24) is 4.83 Å². The summed E-state index contributed by atoms with van der Waals surface area (Å²) in [7, 11) is -3.91. The van der Waals surface area contributed by atoms with E-state index in [4.69, 9.17) is 0 Å². The van der Waals surface area contributed by atoms with Crippen LogP contribution in [-0.4, -0.2) is 19.7 Å². The molecule has 24 heavy (non-hydrogen) atoms. The van der Waals surface area contributed by atoms with Crippen LogP contribution in [0.5, 0.6) is 5.75 Å². The average molecular weight is 344 g/mol. The first-order valence-corrected chi connectivity index (χ1v) is 8.47. The Bertz CT molecular complexity index is 1020. The summed E-state index contributed by atoms with van der Waals surface area (Å²) < 4.78 is 37.0. The van der Waals surface area contributed by atoms with Crippen LogP contribution in [0.25, 0.3) is 10.8 Å². The number of hydrazone groups is 1. The van der Waals surface area contributed by atoms with E-state index in [1.54, 1.807) is 12.1 Å². The summed E-state index contributed by atoms with van der Waals surface area (Å²) in [6.07, 6.45) is 1.23. The van der Waals surface area contributed by atoms with Crippen molar-refractivity contribution in [2.45, 2.75) is 4.90 Å². The summed E-state index contributed by atoms with van der Waals surface area (Å²) in [4.78, 5) is 1.94. The van der Waals surface area contributed by atoms with Gasteiger partial charge in [0.05, 0.1) is 11.1 Å². The van der Waals surface area contributed by atoms with Crippen LogP contribution >= 0.6 is 0 Å². The molecule has 5 nitrogen and oxygen atoms in total. The number of halogens is 1. The zero-order valence-corrected chi connectivity index (χ0v) is 13.2. The maximum atomic E-state index is 12.9. The Morgan fingerprint density at radius 2 is 1.71 bits per heavy atom. The van der Waals surface area contributed by atoms with Crippen molar-refractivity contribution in [3.63, 3.8) is 0 Å². The Kier molecular flexibility index (Phi) is 4.18. The molecule has 3 aromatic carbocycles. The van der Waals surface area contributed by atoms with Gasteiger partial charge in [0.1, 0.15) is 11.6 Å². The molecule has 0 spiro atoms. The van der Waals surface area contributed by atoms with Crippen LogP contribution in [0.1, 0.15) is 5.56 Å². The second-order valence-electron chi connectivity index (χ2n) is 5.03. The van der Waals surface area contributed by atoms with Crippen molar-refractivity contribution < 1.29 is 17.9 Å². The van der Waals surface area contributed by atoms with E-state index in [0.717, 1.165) is 35.0 Å². The fourth-order valence-electron chi connectivity index (χ4n) is 2.25. The number of nitrogens with zero attached hydrogens (tertiary/aromatic N) is 1. The largest absolute Gasteiger partial charge is 0.507 e. The third-order valence-corrected chi connectivity index (χ3v) is 4.68. The molecule has 7 heteroatoms. The van der Waals surface area contributed by atoms with Gasteiger partial charge in [-0.25, -0.2) is 9.22 Å². The summed E-state index contributed by atoms with van der Waals surface area (Å²) in [5.41, 5.74) is 0.398. The van der Waals surface area contributed by atoms with E-state index in [9.17, 15) is 17.9 Å². The molecular formula is C17H13FN2O3S. The highest BCUT2D eigenvalue weighted by Crippen LogP contribution is 2.25. The molecular weight excluding hydrogens is 331 g/mol.